The van der Waals surface area contributed by atoms with E-state index in [9.17, 15) is 17.6 Å². The Kier molecular flexibility index (Phi) is 8.34. The Morgan fingerprint density at radius 2 is 1.93 bits per heavy atom. The molecule has 0 spiro atoms. The Bertz CT molecular complexity index is 1500. The van der Waals surface area contributed by atoms with E-state index in [4.69, 9.17) is 15.5 Å². The number of halogens is 1. The number of rotatable bonds is 8. The van der Waals surface area contributed by atoms with Crippen LogP contribution in [0, 0.1) is 17.2 Å². The lowest BCUT2D eigenvalue weighted by Gasteiger charge is -2.36. The standard InChI is InChI=1S/C29H36FN5O4S/c1-18(2)17-39-21-15-19(14-20(30)16-21)23-12-11-22(27(32-23)35-13-7-8-24(35)29(3,4)5)28(36)34-40(37,38)26-10-6-9-25(31)33-26/h6,9-12,14-16,18,24H,7-8,13,17H2,1-5H3,(H2,31,33)(H,34,36)/t24-/m0/s1. The summed E-state index contributed by atoms with van der Waals surface area (Å²) < 4.78 is 48.3. The van der Waals surface area contributed by atoms with E-state index in [1.165, 1.54) is 36.4 Å². The minimum atomic E-state index is -4.30. The van der Waals surface area contributed by atoms with Crippen molar-refractivity contribution in [2.75, 3.05) is 23.8 Å². The number of nitrogen functional groups attached to an aromatic ring is 1. The highest BCUT2D eigenvalue weighted by molar-refractivity contribution is 7.90. The van der Waals surface area contributed by atoms with Gasteiger partial charge in [0.1, 0.15) is 23.2 Å². The van der Waals surface area contributed by atoms with Gasteiger partial charge in [-0.1, -0.05) is 40.7 Å². The molecule has 1 aromatic carbocycles. The maximum atomic E-state index is 14.6. The summed E-state index contributed by atoms with van der Waals surface area (Å²) in [4.78, 5) is 24.2. The zero-order valence-electron chi connectivity index (χ0n) is 23.4. The largest absolute Gasteiger partial charge is 0.493 e. The molecule has 3 aromatic rings. The minimum Gasteiger partial charge on any atom is -0.493 e. The SMILES string of the molecule is CC(C)COc1cc(F)cc(-c2ccc(C(=O)NS(=O)(=O)c3cccc(N)n3)c(N3CCC[C@H]3C(C)(C)C)n2)c1. The molecule has 0 aliphatic carbocycles. The van der Waals surface area contributed by atoms with Crippen LogP contribution in [0.25, 0.3) is 11.3 Å². The van der Waals surface area contributed by atoms with E-state index in [1.54, 1.807) is 12.1 Å². The van der Waals surface area contributed by atoms with Gasteiger partial charge in [-0.25, -0.2) is 19.1 Å². The average Bonchev–Trinajstić information content (AvgIpc) is 3.37. The Morgan fingerprint density at radius 3 is 2.60 bits per heavy atom. The average molecular weight is 570 g/mol. The predicted molar refractivity (Wildman–Crippen MR) is 153 cm³/mol. The van der Waals surface area contributed by atoms with E-state index < -0.39 is 21.7 Å². The molecular weight excluding hydrogens is 533 g/mol. The molecule has 0 unspecified atom stereocenters. The third-order valence-corrected chi connectivity index (χ3v) is 7.87. The quantitative estimate of drug-likeness (QED) is 0.387. The van der Waals surface area contributed by atoms with E-state index in [0.29, 0.717) is 36.0 Å². The van der Waals surface area contributed by atoms with E-state index >= 15 is 0 Å². The summed E-state index contributed by atoms with van der Waals surface area (Å²) in [6, 6.07) is 11.7. The van der Waals surface area contributed by atoms with Crippen LogP contribution in [0.1, 0.15) is 57.8 Å². The van der Waals surface area contributed by atoms with E-state index in [1.807, 2.05) is 18.7 Å². The number of hydrogen-bond donors (Lipinski definition) is 2. The molecular formula is C29H36FN5O4S. The molecule has 0 bridgehead atoms. The van der Waals surface area contributed by atoms with Gasteiger partial charge in [-0.05, 0) is 60.6 Å². The van der Waals surface area contributed by atoms with E-state index in [-0.39, 0.29) is 33.8 Å². The molecule has 40 heavy (non-hydrogen) atoms. The molecule has 3 heterocycles. The van der Waals surface area contributed by atoms with Gasteiger partial charge in [0.15, 0.2) is 5.03 Å². The number of aromatic nitrogens is 2. The molecule has 4 rings (SSSR count). The van der Waals surface area contributed by atoms with Gasteiger partial charge in [0.05, 0.1) is 17.9 Å². The van der Waals surface area contributed by atoms with Crippen LogP contribution in [0.5, 0.6) is 5.75 Å². The van der Waals surface area contributed by atoms with Gasteiger partial charge in [0, 0.05) is 24.2 Å². The molecule has 2 aromatic heterocycles. The summed E-state index contributed by atoms with van der Waals surface area (Å²) in [5.74, 6) is -0.342. The first-order valence-corrected chi connectivity index (χ1v) is 14.7. The molecule has 1 aliphatic rings. The zero-order valence-corrected chi connectivity index (χ0v) is 24.3. The molecule has 1 aliphatic heterocycles. The van der Waals surface area contributed by atoms with Gasteiger partial charge in [-0.3, -0.25) is 4.79 Å². The van der Waals surface area contributed by atoms with Crippen molar-refractivity contribution >= 4 is 27.6 Å². The lowest BCUT2D eigenvalue weighted by Crippen LogP contribution is -2.41. The van der Waals surface area contributed by atoms with Crippen LogP contribution in [-0.4, -0.2) is 43.5 Å². The minimum absolute atomic E-state index is 0.0129. The Hall–Kier alpha value is -3.73. The van der Waals surface area contributed by atoms with Crippen molar-refractivity contribution in [2.45, 2.75) is 58.5 Å². The number of anilines is 2. The number of nitrogens with one attached hydrogen (secondary N) is 1. The van der Waals surface area contributed by atoms with Gasteiger partial charge >= 0.3 is 0 Å². The van der Waals surface area contributed by atoms with Gasteiger partial charge < -0.3 is 15.4 Å². The number of pyridine rings is 2. The first-order chi connectivity index (χ1) is 18.7. The van der Waals surface area contributed by atoms with Crippen molar-refractivity contribution in [1.29, 1.82) is 0 Å². The van der Waals surface area contributed by atoms with Crippen molar-refractivity contribution < 1.29 is 22.3 Å². The van der Waals surface area contributed by atoms with Crippen LogP contribution in [0.3, 0.4) is 0 Å². The molecule has 9 nitrogen and oxygen atoms in total. The lowest BCUT2D eigenvalue weighted by molar-refractivity contribution is 0.0981. The van der Waals surface area contributed by atoms with Crippen molar-refractivity contribution in [1.82, 2.24) is 14.7 Å². The highest BCUT2D eigenvalue weighted by Crippen LogP contribution is 2.38. The molecule has 0 saturated carbocycles. The molecule has 1 amide bonds. The topological polar surface area (TPSA) is 128 Å². The highest BCUT2D eigenvalue weighted by Gasteiger charge is 2.37. The van der Waals surface area contributed by atoms with Gasteiger partial charge in [-0.15, -0.1) is 0 Å². The number of hydrogen-bond acceptors (Lipinski definition) is 8. The smallest absolute Gasteiger partial charge is 0.281 e. The van der Waals surface area contributed by atoms with Gasteiger partial charge in [-0.2, -0.15) is 8.42 Å². The van der Waals surface area contributed by atoms with Crippen molar-refractivity contribution in [2.24, 2.45) is 11.3 Å². The second-order valence-corrected chi connectivity index (χ2v) is 13.1. The maximum Gasteiger partial charge on any atom is 0.281 e. The number of nitrogens with zero attached hydrogens (tertiary/aromatic N) is 3. The third-order valence-electron chi connectivity index (χ3n) is 6.64. The molecule has 3 N–H and O–H groups in total. The summed E-state index contributed by atoms with van der Waals surface area (Å²) in [5.41, 5.74) is 6.50. The summed E-state index contributed by atoms with van der Waals surface area (Å²) in [6.45, 7) is 11.4. The highest BCUT2D eigenvalue weighted by atomic mass is 32.2. The fraction of sp³-hybridized carbons (Fsp3) is 0.414. The van der Waals surface area contributed by atoms with Crippen LogP contribution in [-0.2, 0) is 10.0 Å². The van der Waals surface area contributed by atoms with E-state index in [2.05, 4.69) is 30.5 Å². The fourth-order valence-electron chi connectivity index (χ4n) is 4.79. The number of carbonyl (C=O) groups is 1. The van der Waals surface area contributed by atoms with Gasteiger partial charge in [0.25, 0.3) is 15.9 Å². The summed E-state index contributed by atoms with van der Waals surface area (Å²) in [5, 5.41) is -0.366. The number of sulfonamides is 1. The first kappa shape index (κ1) is 29.3. The second-order valence-electron chi connectivity index (χ2n) is 11.5. The first-order valence-electron chi connectivity index (χ1n) is 13.3. The normalized spacial score (nSPS) is 15.9. The van der Waals surface area contributed by atoms with Crippen molar-refractivity contribution in [3.8, 4) is 17.0 Å². The Labute approximate surface area is 235 Å². The van der Waals surface area contributed by atoms with Crippen LogP contribution >= 0.6 is 0 Å². The Balaban J connectivity index is 1.77. The number of amides is 1. The molecule has 11 heteroatoms. The summed E-state index contributed by atoms with van der Waals surface area (Å²) in [7, 11) is -4.30. The van der Waals surface area contributed by atoms with E-state index in [0.717, 1.165) is 12.8 Å². The molecule has 1 fully saturated rings. The molecule has 214 valence electrons. The third kappa shape index (κ3) is 6.70. The zero-order chi connectivity index (χ0) is 29.2. The lowest BCUT2D eigenvalue weighted by atomic mass is 9.85. The predicted octanol–water partition coefficient (Wildman–Crippen LogP) is 5.03. The number of ether oxygens (including phenoxy) is 1. The van der Waals surface area contributed by atoms with Crippen LogP contribution in [0.15, 0.2) is 53.6 Å². The summed E-state index contributed by atoms with van der Waals surface area (Å²) in [6.07, 6.45) is 1.77. The van der Waals surface area contributed by atoms with Crippen LogP contribution < -0.4 is 20.1 Å². The molecule has 1 atom stereocenters. The number of benzene rings is 1. The van der Waals surface area contributed by atoms with Crippen molar-refractivity contribution in [3.63, 3.8) is 0 Å². The summed E-state index contributed by atoms with van der Waals surface area (Å²) >= 11 is 0. The number of carbonyl (C=O) groups excluding carboxylic acids is 1. The van der Waals surface area contributed by atoms with Crippen LogP contribution in [0.2, 0.25) is 0 Å². The second kappa shape index (κ2) is 11.4. The molecule has 0 radical (unpaired) electrons. The van der Waals surface area contributed by atoms with Crippen LogP contribution in [0.4, 0.5) is 16.0 Å². The Morgan fingerprint density at radius 1 is 1.18 bits per heavy atom. The van der Waals surface area contributed by atoms with Gasteiger partial charge in [0.2, 0.25) is 0 Å². The van der Waals surface area contributed by atoms with Crippen molar-refractivity contribution in [3.05, 3.63) is 59.9 Å². The maximum absolute atomic E-state index is 14.6. The number of nitrogens with two attached hydrogens (primary N) is 1. The fourth-order valence-corrected chi connectivity index (χ4v) is 5.73. The molecule has 1 saturated heterocycles. The monoisotopic (exact) mass is 569 g/mol.